The zero-order valence-corrected chi connectivity index (χ0v) is 15.0. The van der Waals surface area contributed by atoms with Crippen LogP contribution in [0.25, 0.3) is 0 Å². The van der Waals surface area contributed by atoms with Gasteiger partial charge < -0.3 is 9.80 Å². The van der Waals surface area contributed by atoms with Crippen LogP contribution in [0.1, 0.15) is 33.6 Å². The van der Waals surface area contributed by atoms with Gasteiger partial charge in [-0.15, -0.1) is 0 Å². The van der Waals surface area contributed by atoms with E-state index in [4.69, 9.17) is 23.2 Å². The van der Waals surface area contributed by atoms with Gasteiger partial charge in [0.15, 0.2) is 0 Å². The van der Waals surface area contributed by atoms with E-state index in [0.717, 1.165) is 31.7 Å². The van der Waals surface area contributed by atoms with Gasteiger partial charge in [0.05, 0.1) is 10.7 Å². The van der Waals surface area contributed by atoms with E-state index in [1.54, 1.807) is 6.07 Å². The maximum Gasteiger partial charge on any atom is 0.222 e. The normalized spacial score (nSPS) is 18.9. The molecule has 3 nitrogen and oxygen atoms in total. The third-order valence-electron chi connectivity index (χ3n) is 4.13. The second-order valence-electron chi connectivity index (χ2n) is 6.41. The Morgan fingerprint density at radius 1 is 1.32 bits per heavy atom. The molecule has 0 aliphatic carbocycles. The highest BCUT2D eigenvalue weighted by atomic mass is 35.5. The number of hydrogen-bond donors (Lipinski definition) is 0. The smallest absolute Gasteiger partial charge is 0.222 e. The van der Waals surface area contributed by atoms with E-state index in [-0.39, 0.29) is 11.9 Å². The molecule has 1 aliphatic heterocycles. The van der Waals surface area contributed by atoms with Crippen LogP contribution in [0, 0.1) is 5.92 Å². The lowest BCUT2D eigenvalue weighted by Gasteiger charge is -2.41. The van der Waals surface area contributed by atoms with Crippen molar-refractivity contribution < 1.29 is 4.79 Å². The molecule has 0 aromatic heterocycles. The minimum atomic E-state index is 0.246. The largest absolute Gasteiger partial charge is 0.364 e. The average molecular weight is 343 g/mol. The molecule has 0 radical (unpaired) electrons. The van der Waals surface area contributed by atoms with Crippen LogP contribution in [0.4, 0.5) is 5.69 Å². The highest BCUT2D eigenvalue weighted by Crippen LogP contribution is 2.31. The standard InChI is InChI=1S/C17H24Cl2N2O/c1-12(2)4-7-17(22)20-8-9-21(13(3)11-20)16-6-5-14(18)10-15(16)19/h5-6,10,12-13H,4,7-9,11H2,1-3H3. The molecule has 2 rings (SSSR count). The van der Waals surface area contributed by atoms with E-state index in [0.29, 0.717) is 22.4 Å². The van der Waals surface area contributed by atoms with Gasteiger partial charge in [0, 0.05) is 37.1 Å². The summed E-state index contributed by atoms with van der Waals surface area (Å²) in [6.07, 6.45) is 1.60. The molecule has 0 N–H and O–H groups in total. The van der Waals surface area contributed by atoms with E-state index >= 15 is 0 Å². The molecule has 1 fully saturated rings. The van der Waals surface area contributed by atoms with Crippen LogP contribution in [0.5, 0.6) is 0 Å². The van der Waals surface area contributed by atoms with E-state index in [2.05, 4.69) is 25.7 Å². The van der Waals surface area contributed by atoms with Crippen LogP contribution in [0.3, 0.4) is 0 Å². The van der Waals surface area contributed by atoms with Gasteiger partial charge in [-0.25, -0.2) is 0 Å². The quantitative estimate of drug-likeness (QED) is 0.805. The SMILES string of the molecule is CC(C)CCC(=O)N1CCN(c2ccc(Cl)cc2Cl)C(C)C1. The maximum atomic E-state index is 12.3. The molecule has 1 aliphatic rings. The number of piperazine rings is 1. The molecule has 1 aromatic carbocycles. The predicted octanol–water partition coefficient (Wildman–Crippen LogP) is 4.47. The van der Waals surface area contributed by atoms with Gasteiger partial charge in [-0.2, -0.15) is 0 Å². The van der Waals surface area contributed by atoms with Crippen molar-refractivity contribution >= 4 is 34.8 Å². The summed E-state index contributed by atoms with van der Waals surface area (Å²) in [7, 11) is 0. The minimum Gasteiger partial charge on any atom is -0.364 e. The van der Waals surface area contributed by atoms with Crippen LogP contribution in [0.2, 0.25) is 10.0 Å². The molecule has 22 heavy (non-hydrogen) atoms. The van der Waals surface area contributed by atoms with Gasteiger partial charge in [-0.3, -0.25) is 4.79 Å². The molecular weight excluding hydrogens is 319 g/mol. The third kappa shape index (κ3) is 4.30. The van der Waals surface area contributed by atoms with Gasteiger partial charge in [0.1, 0.15) is 0 Å². The van der Waals surface area contributed by atoms with Crippen molar-refractivity contribution in [3.8, 4) is 0 Å². The Morgan fingerprint density at radius 2 is 2.05 bits per heavy atom. The summed E-state index contributed by atoms with van der Waals surface area (Å²) >= 11 is 12.3. The topological polar surface area (TPSA) is 23.6 Å². The van der Waals surface area contributed by atoms with E-state index in [1.165, 1.54) is 0 Å². The molecule has 0 spiro atoms. The molecule has 122 valence electrons. The van der Waals surface area contributed by atoms with Crippen molar-refractivity contribution in [2.24, 2.45) is 5.92 Å². The molecule has 0 bridgehead atoms. The summed E-state index contributed by atoms with van der Waals surface area (Å²) in [5.41, 5.74) is 0.993. The molecule has 1 aromatic rings. The summed E-state index contributed by atoms with van der Waals surface area (Å²) in [5.74, 6) is 0.831. The number of amides is 1. The second-order valence-corrected chi connectivity index (χ2v) is 7.25. The van der Waals surface area contributed by atoms with Crippen molar-refractivity contribution in [1.82, 2.24) is 4.90 Å². The summed E-state index contributed by atoms with van der Waals surface area (Å²) in [6.45, 7) is 8.73. The van der Waals surface area contributed by atoms with Gasteiger partial charge in [0.25, 0.3) is 0 Å². The van der Waals surface area contributed by atoms with Crippen molar-refractivity contribution in [3.05, 3.63) is 28.2 Å². The zero-order valence-electron chi connectivity index (χ0n) is 13.5. The third-order valence-corrected chi connectivity index (χ3v) is 4.67. The molecule has 1 unspecified atom stereocenters. The highest BCUT2D eigenvalue weighted by Gasteiger charge is 2.27. The summed E-state index contributed by atoms with van der Waals surface area (Å²) in [6, 6.07) is 5.83. The van der Waals surface area contributed by atoms with E-state index in [1.807, 2.05) is 17.0 Å². The van der Waals surface area contributed by atoms with Crippen LogP contribution in [-0.2, 0) is 4.79 Å². The van der Waals surface area contributed by atoms with Crippen molar-refractivity contribution in [2.45, 2.75) is 39.7 Å². The summed E-state index contributed by atoms with van der Waals surface area (Å²) < 4.78 is 0. The number of nitrogens with zero attached hydrogens (tertiary/aromatic N) is 2. The predicted molar refractivity (Wildman–Crippen MR) is 93.9 cm³/mol. The fraction of sp³-hybridized carbons (Fsp3) is 0.588. The molecule has 1 amide bonds. The molecule has 1 heterocycles. The first-order valence-corrected chi connectivity index (χ1v) is 8.63. The summed E-state index contributed by atoms with van der Waals surface area (Å²) in [4.78, 5) is 16.5. The first-order chi connectivity index (χ1) is 10.4. The fourth-order valence-electron chi connectivity index (χ4n) is 2.83. The Balaban J connectivity index is 1.99. The number of rotatable bonds is 4. The number of carbonyl (C=O) groups is 1. The highest BCUT2D eigenvalue weighted by molar-refractivity contribution is 6.36. The Morgan fingerprint density at radius 3 is 2.64 bits per heavy atom. The van der Waals surface area contributed by atoms with Gasteiger partial charge in [-0.05, 0) is 37.5 Å². The number of benzene rings is 1. The number of carbonyl (C=O) groups excluding carboxylic acids is 1. The fourth-order valence-corrected chi connectivity index (χ4v) is 3.34. The number of hydrogen-bond acceptors (Lipinski definition) is 2. The lowest BCUT2D eigenvalue weighted by molar-refractivity contribution is -0.132. The van der Waals surface area contributed by atoms with E-state index in [9.17, 15) is 4.79 Å². The molecule has 1 saturated heterocycles. The van der Waals surface area contributed by atoms with E-state index < -0.39 is 0 Å². The molecule has 0 saturated carbocycles. The maximum absolute atomic E-state index is 12.3. The first-order valence-electron chi connectivity index (χ1n) is 7.88. The Labute approximate surface area is 143 Å². The van der Waals surface area contributed by atoms with Crippen LogP contribution in [0.15, 0.2) is 18.2 Å². The second kappa shape index (κ2) is 7.56. The zero-order chi connectivity index (χ0) is 16.3. The van der Waals surface area contributed by atoms with Crippen LogP contribution < -0.4 is 4.90 Å². The van der Waals surface area contributed by atoms with Crippen molar-refractivity contribution in [3.63, 3.8) is 0 Å². The lowest BCUT2D eigenvalue weighted by atomic mass is 10.1. The Hall–Kier alpha value is -0.930. The monoisotopic (exact) mass is 342 g/mol. The van der Waals surface area contributed by atoms with Crippen molar-refractivity contribution in [2.75, 3.05) is 24.5 Å². The molecular formula is C17H24Cl2N2O. The minimum absolute atomic E-state index is 0.246. The Kier molecular flexibility index (Phi) is 5.99. The lowest BCUT2D eigenvalue weighted by Crippen LogP contribution is -2.53. The molecule has 5 heteroatoms. The van der Waals surface area contributed by atoms with Crippen LogP contribution >= 0.6 is 23.2 Å². The van der Waals surface area contributed by atoms with Gasteiger partial charge in [0.2, 0.25) is 5.91 Å². The number of anilines is 1. The van der Waals surface area contributed by atoms with Crippen LogP contribution in [-0.4, -0.2) is 36.5 Å². The first kappa shape index (κ1) is 17.4. The van der Waals surface area contributed by atoms with Gasteiger partial charge >= 0.3 is 0 Å². The number of halogens is 2. The van der Waals surface area contributed by atoms with Gasteiger partial charge in [-0.1, -0.05) is 37.0 Å². The molecule has 1 atom stereocenters. The van der Waals surface area contributed by atoms with Crippen molar-refractivity contribution in [1.29, 1.82) is 0 Å². The summed E-state index contributed by atoms with van der Waals surface area (Å²) in [5, 5.41) is 1.31. The average Bonchev–Trinajstić information content (AvgIpc) is 2.45. The Bertz CT molecular complexity index is 533.